The van der Waals surface area contributed by atoms with Crippen molar-refractivity contribution < 1.29 is 4.52 Å². The predicted molar refractivity (Wildman–Crippen MR) is 136 cm³/mol. The summed E-state index contributed by atoms with van der Waals surface area (Å²) in [6, 6.07) is 21.3. The zero-order valence-corrected chi connectivity index (χ0v) is 20.7. The average Bonchev–Trinajstić information content (AvgIpc) is 3.26. The van der Waals surface area contributed by atoms with Gasteiger partial charge in [0.1, 0.15) is 0 Å². The molecule has 0 fully saturated rings. The van der Waals surface area contributed by atoms with E-state index in [9.17, 15) is 0 Å². The number of benzene rings is 2. The molecule has 0 saturated carbocycles. The Morgan fingerprint density at radius 2 is 1.52 bits per heavy atom. The molecule has 3 aromatic rings. The van der Waals surface area contributed by atoms with Gasteiger partial charge in [0.05, 0.1) is 0 Å². The third-order valence-corrected chi connectivity index (χ3v) is 4.98. The Morgan fingerprint density at radius 3 is 2.03 bits per heavy atom. The van der Waals surface area contributed by atoms with Crippen LogP contribution in [0.1, 0.15) is 54.9 Å². The fraction of sp³-hybridized carbons (Fsp3) is 0.375. The number of guanidine groups is 1. The van der Waals surface area contributed by atoms with Crippen LogP contribution in [0.25, 0.3) is 0 Å². The smallest absolute Gasteiger partial charge is 0.228 e. The molecule has 0 spiro atoms. The fourth-order valence-corrected chi connectivity index (χ4v) is 3.34. The molecule has 6 nitrogen and oxygen atoms in total. The Bertz CT molecular complexity index is 872. The van der Waals surface area contributed by atoms with Crippen LogP contribution in [-0.2, 0) is 6.42 Å². The number of aromatic nitrogens is 2. The summed E-state index contributed by atoms with van der Waals surface area (Å²) in [4.78, 5) is 8.73. The molecule has 0 atom stereocenters. The van der Waals surface area contributed by atoms with Gasteiger partial charge < -0.3 is 15.2 Å². The standard InChI is InChI=1S/C24H31N5O.HI/c1-18(2)23-28-22(30-29-23)15-17-27-24(25-3)26-16-14-21(19-10-6-4-7-11-19)20-12-8-5-9-13-20;/h4-13,18,21H,14-17H2,1-3H3,(H2,25,26,27);1H. The van der Waals surface area contributed by atoms with Gasteiger partial charge in [-0.3, -0.25) is 4.99 Å². The molecule has 0 unspecified atom stereocenters. The van der Waals surface area contributed by atoms with Gasteiger partial charge in [0.15, 0.2) is 11.8 Å². The first-order valence-corrected chi connectivity index (χ1v) is 10.5. The number of hydrogen-bond acceptors (Lipinski definition) is 4. The second kappa shape index (κ2) is 13.1. The molecular weight excluding hydrogens is 501 g/mol. The van der Waals surface area contributed by atoms with Gasteiger partial charge in [-0.1, -0.05) is 79.7 Å². The quantitative estimate of drug-likeness (QED) is 0.236. The Hall–Kier alpha value is -2.42. The van der Waals surface area contributed by atoms with Gasteiger partial charge in [-0.25, -0.2) is 0 Å². The molecule has 0 aliphatic heterocycles. The highest BCUT2D eigenvalue weighted by Crippen LogP contribution is 2.27. The molecule has 2 N–H and O–H groups in total. The summed E-state index contributed by atoms with van der Waals surface area (Å²) in [6.45, 7) is 5.60. The lowest BCUT2D eigenvalue weighted by Crippen LogP contribution is -2.39. The first kappa shape index (κ1) is 24.8. The SMILES string of the molecule is CN=C(NCCc1nc(C(C)C)no1)NCCC(c1ccccc1)c1ccccc1.I. The molecule has 0 bridgehead atoms. The van der Waals surface area contributed by atoms with E-state index in [1.165, 1.54) is 11.1 Å². The van der Waals surface area contributed by atoms with Crippen molar-refractivity contribution in [3.05, 3.63) is 83.5 Å². The van der Waals surface area contributed by atoms with Crippen molar-refractivity contribution in [2.45, 2.75) is 38.5 Å². The van der Waals surface area contributed by atoms with E-state index in [0.717, 1.165) is 24.7 Å². The van der Waals surface area contributed by atoms with Gasteiger partial charge in [0.2, 0.25) is 5.89 Å². The van der Waals surface area contributed by atoms with Crippen molar-refractivity contribution in [2.75, 3.05) is 20.1 Å². The minimum Gasteiger partial charge on any atom is -0.356 e. The van der Waals surface area contributed by atoms with Crippen molar-refractivity contribution in [1.29, 1.82) is 0 Å². The van der Waals surface area contributed by atoms with Crippen LogP contribution >= 0.6 is 24.0 Å². The minimum atomic E-state index is 0. The Kier molecular flexibility index (Phi) is 10.5. The molecule has 0 amide bonds. The van der Waals surface area contributed by atoms with Crippen LogP contribution < -0.4 is 10.6 Å². The molecule has 0 aliphatic carbocycles. The second-order valence-corrected chi connectivity index (χ2v) is 7.54. The fourth-order valence-electron chi connectivity index (χ4n) is 3.34. The number of aliphatic imine (C=N–C) groups is 1. The second-order valence-electron chi connectivity index (χ2n) is 7.54. The molecule has 3 rings (SSSR count). The van der Waals surface area contributed by atoms with Gasteiger partial charge in [-0.15, -0.1) is 24.0 Å². The number of halogens is 1. The zero-order valence-electron chi connectivity index (χ0n) is 18.4. The molecule has 0 aliphatic rings. The van der Waals surface area contributed by atoms with Gasteiger partial charge in [-0.2, -0.15) is 4.98 Å². The summed E-state index contributed by atoms with van der Waals surface area (Å²) in [5.74, 6) is 2.78. The monoisotopic (exact) mass is 533 g/mol. The third-order valence-electron chi connectivity index (χ3n) is 4.98. The van der Waals surface area contributed by atoms with Crippen LogP contribution in [-0.4, -0.2) is 36.2 Å². The summed E-state index contributed by atoms with van der Waals surface area (Å²) in [5.41, 5.74) is 2.65. The lowest BCUT2D eigenvalue weighted by atomic mass is 9.88. The van der Waals surface area contributed by atoms with E-state index < -0.39 is 0 Å². The van der Waals surface area contributed by atoms with Crippen molar-refractivity contribution in [2.24, 2.45) is 4.99 Å². The zero-order chi connectivity index (χ0) is 21.2. The predicted octanol–water partition coefficient (Wildman–Crippen LogP) is 4.74. The van der Waals surface area contributed by atoms with Crippen LogP contribution in [0.5, 0.6) is 0 Å². The molecule has 1 aromatic heterocycles. The van der Waals surface area contributed by atoms with Crippen molar-refractivity contribution in [3.63, 3.8) is 0 Å². The maximum absolute atomic E-state index is 5.29. The number of rotatable bonds is 9. The number of hydrogen-bond donors (Lipinski definition) is 2. The Morgan fingerprint density at radius 1 is 0.935 bits per heavy atom. The van der Waals surface area contributed by atoms with Crippen LogP contribution in [0.2, 0.25) is 0 Å². The highest BCUT2D eigenvalue weighted by Gasteiger charge is 2.14. The van der Waals surface area contributed by atoms with Crippen LogP contribution in [0, 0.1) is 0 Å². The molecule has 2 aromatic carbocycles. The van der Waals surface area contributed by atoms with E-state index in [1.807, 2.05) is 0 Å². The van der Waals surface area contributed by atoms with E-state index in [4.69, 9.17) is 4.52 Å². The Balaban J connectivity index is 0.00000341. The molecular formula is C24H32IN5O. The lowest BCUT2D eigenvalue weighted by molar-refractivity contribution is 0.371. The number of nitrogens with zero attached hydrogens (tertiary/aromatic N) is 3. The van der Waals surface area contributed by atoms with Crippen molar-refractivity contribution in [3.8, 4) is 0 Å². The summed E-state index contributed by atoms with van der Waals surface area (Å²) in [7, 11) is 1.78. The summed E-state index contributed by atoms with van der Waals surface area (Å²) in [6.07, 6.45) is 1.63. The first-order chi connectivity index (χ1) is 14.7. The molecule has 31 heavy (non-hydrogen) atoms. The first-order valence-electron chi connectivity index (χ1n) is 10.5. The van der Waals surface area contributed by atoms with Crippen molar-refractivity contribution in [1.82, 2.24) is 20.8 Å². The largest absolute Gasteiger partial charge is 0.356 e. The van der Waals surface area contributed by atoms with Gasteiger partial charge in [-0.05, 0) is 17.5 Å². The summed E-state index contributed by atoms with van der Waals surface area (Å²) >= 11 is 0. The minimum absolute atomic E-state index is 0. The summed E-state index contributed by atoms with van der Waals surface area (Å²) in [5, 5.41) is 10.7. The lowest BCUT2D eigenvalue weighted by Gasteiger charge is -2.19. The highest BCUT2D eigenvalue weighted by molar-refractivity contribution is 14.0. The van der Waals surface area contributed by atoms with Crippen molar-refractivity contribution >= 4 is 29.9 Å². The van der Waals surface area contributed by atoms with E-state index in [2.05, 4.69) is 100 Å². The van der Waals surface area contributed by atoms with E-state index in [-0.39, 0.29) is 29.9 Å². The Labute approximate surface area is 202 Å². The maximum Gasteiger partial charge on any atom is 0.228 e. The van der Waals surface area contributed by atoms with Gasteiger partial charge >= 0.3 is 0 Å². The maximum atomic E-state index is 5.29. The van der Waals surface area contributed by atoms with E-state index in [1.54, 1.807) is 7.05 Å². The molecule has 7 heteroatoms. The molecule has 166 valence electrons. The molecule has 0 saturated heterocycles. The third kappa shape index (κ3) is 7.65. The van der Waals surface area contributed by atoms with Crippen LogP contribution in [0.15, 0.2) is 70.2 Å². The average molecular weight is 533 g/mol. The highest BCUT2D eigenvalue weighted by atomic mass is 127. The van der Waals surface area contributed by atoms with Gasteiger partial charge in [0.25, 0.3) is 0 Å². The topological polar surface area (TPSA) is 75.3 Å². The molecule has 1 heterocycles. The molecule has 0 radical (unpaired) electrons. The van der Waals surface area contributed by atoms with Crippen LogP contribution in [0.4, 0.5) is 0 Å². The van der Waals surface area contributed by atoms with E-state index >= 15 is 0 Å². The summed E-state index contributed by atoms with van der Waals surface area (Å²) < 4.78 is 5.29. The van der Waals surface area contributed by atoms with E-state index in [0.29, 0.717) is 24.8 Å². The normalized spacial score (nSPS) is 11.5. The van der Waals surface area contributed by atoms with Gasteiger partial charge in [0, 0.05) is 38.4 Å². The number of nitrogens with one attached hydrogen (secondary N) is 2. The van der Waals surface area contributed by atoms with Crippen LogP contribution in [0.3, 0.4) is 0 Å².